The van der Waals surface area contributed by atoms with Gasteiger partial charge in [-0.3, -0.25) is 4.79 Å². The molecule has 1 aromatic heterocycles. The molecular formula is C13H10F4N2O2. The molecule has 1 aromatic carbocycles. The summed E-state index contributed by atoms with van der Waals surface area (Å²) in [4.78, 5) is 11.9. The second-order valence-corrected chi connectivity index (χ2v) is 4.79. The molecule has 0 radical (unpaired) electrons. The lowest BCUT2D eigenvalue weighted by molar-refractivity contribution is -0.0516. The van der Waals surface area contributed by atoms with Gasteiger partial charge in [0, 0.05) is 18.3 Å². The number of pyridine rings is 1. The Morgan fingerprint density at radius 1 is 1.29 bits per heavy atom. The third kappa shape index (κ3) is 2.10. The monoisotopic (exact) mass is 302 g/mol. The number of halogens is 4. The minimum absolute atomic E-state index is 0.0719. The first-order chi connectivity index (χ1) is 9.91. The molecule has 2 N–H and O–H groups in total. The van der Waals surface area contributed by atoms with Crippen LogP contribution in [0.1, 0.15) is 18.9 Å². The van der Waals surface area contributed by atoms with Gasteiger partial charge in [-0.1, -0.05) is 0 Å². The first-order valence-corrected chi connectivity index (χ1v) is 6.18. The van der Waals surface area contributed by atoms with E-state index >= 15 is 0 Å². The third-order valence-corrected chi connectivity index (χ3v) is 3.39. The number of aromatic nitrogens is 1. The Kier molecular flexibility index (Phi) is 3.03. The van der Waals surface area contributed by atoms with E-state index in [1.807, 2.05) is 0 Å². The molecule has 0 bridgehead atoms. The second kappa shape index (κ2) is 4.64. The molecule has 2 aromatic rings. The minimum atomic E-state index is -3.35. The molecule has 4 nitrogen and oxygen atoms in total. The van der Waals surface area contributed by atoms with Crippen molar-refractivity contribution in [1.82, 2.24) is 4.57 Å². The Labute approximate surface area is 115 Å². The molecule has 0 amide bonds. The van der Waals surface area contributed by atoms with Crippen LogP contribution in [-0.4, -0.2) is 11.2 Å². The zero-order valence-electron chi connectivity index (χ0n) is 10.6. The van der Waals surface area contributed by atoms with Crippen molar-refractivity contribution in [2.75, 3.05) is 5.73 Å². The predicted octanol–water partition coefficient (Wildman–Crippen LogP) is 2.80. The Hall–Kier alpha value is -2.25. The molecule has 112 valence electrons. The number of benzene rings is 1. The average molecular weight is 302 g/mol. The van der Waals surface area contributed by atoms with E-state index in [0.29, 0.717) is 0 Å². The molecule has 1 heterocycles. The number of fused-ring (bicyclic) bond motifs is 1. The van der Waals surface area contributed by atoms with E-state index in [-0.39, 0.29) is 16.9 Å². The Morgan fingerprint density at radius 3 is 2.52 bits per heavy atom. The van der Waals surface area contributed by atoms with Gasteiger partial charge in [-0.15, -0.1) is 0 Å². The summed E-state index contributed by atoms with van der Waals surface area (Å²) in [6, 6.07) is 1.07. The molecule has 1 saturated carbocycles. The van der Waals surface area contributed by atoms with Gasteiger partial charge in [0.2, 0.25) is 5.82 Å². The van der Waals surface area contributed by atoms with Crippen LogP contribution in [0.25, 0.3) is 10.9 Å². The van der Waals surface area contributed by atoms with E-state index < -0.39 is 35.1 Å². The van der Waals surface area contributed by atoms with Crippen LogP contribution < -0.4 is 15.9 Å². The van der Waals surface area contributed by atoms with Crippen molar-refractivity contribution in [2.45, 2.75) is 25.5 Å². The summed E-state index contributed by atoms with van der Waals surface area (Å²) in [7, 11) is 0. The van der Waals surface area contributed by atoms with Gasteiger partial charge in [-0.2, -0.15) is 13.2 Å². The smallest absolute Gasteiger partial charge is 0.387 e. The SMILES string of the molecule is Nc1c(F)c(F)c(OC(F)F)c2c1c(=O)ccn2C1CC1. The molecule has 3 rings (SSSR count). The van der Waals surface area contributed by atoms with E-state index in [1.54, 1.807) is 0 Å². The number of alkyl halides is 2. The Bertz CT molecular complexity index is 784. The lowest BCUT2D eigenvalue weighted by atomic mass is 10.1. The quantitative estimate of drug-likeness (QED) is 0.700. The van der Waals surface area contributed by atoms with Crippen LogP contribution in [-0.2, 0) is 0 Å². The predicted molar refractivity (Wildman–Crippen MR) is 67.4 cm³/mol. The maximum Gasteiger partial charge on any atom is 0.387 e. The van der Waals surface area contributed by atoms with Crippen LogP contribution in [0.3, 0.4) is 0 Å². The number of hydrogen-bond donors (Lipinski definition) is 1. The van der Waals surface area contributed by atoms with Gasteiger partial charge in [-0.25, -0.2) is 4.39 Å². The van der Waals surface area contributed by atoms with Gasteiger partial charge in [0.15, 0.2) is 17.0 Å². The normalized spacial score (nSPS) is 14.9. The van der Waals surface area contributed by atoms with Gasteiger partial charge in [0.25, 0.3) is 0 Å². The van der Waals surface area contributed by atoms with Crippen molar-refractivity contribution >= 4 is 16.6 Å². The van der Waals surface area contributed by atoms with Crippen molar-refractivity contribution in [3.05, 3.63) is 34.1 Å². The molecule has 1 fully saturated rings. The van der Waals surface area contributed by atoms with Crippen molar-refractivity contribution in [3.63, 3.8) is 0 Å². The van der Waals surface area contributed by atoms with Crippen LogP contribution in [0.15, 0.2) is 17.1 Å². The second-order valence-electron chi connectivity index (χ2n) is 4.79. The lowest BCUT2D eigenvalue weighted by Crippen LogP contribution is -2.15. The maximum absolute atomic E-state index is 13.9. The summed E-state index contributed by atoms with van der Waals surface area (Å²) in [6.45, 7) is -3.35. The highest BCUT2D eigenvalue weighted by Crippen LogP contribution is 2.42. The van der Waals surface area contributed by atoms with Gasteiger partial charge in [0.05, 0.1) is 11.1 Å². The topological polar surface area (TPSA) is 57.2 Å². The summed E-state index contributed by atoms with van der Waals surface area (Å²) in [5.41, 5.74) is 3.82. The fraction of sp³-hybridized carbons (Fsp3) is 0.308. The number of nitrogens with zero attached hydrogens (tertiary/aromatic N) is 1. The summed E-state index contributed by atoms with van der Waals surface area (Å²) >= 11 is 0. The van der Waals surface area contributed by atoms with E-state index in [9.17, 15) is 22.4 Å². The number of hydrogen-bond acceptors (Lipinski definition) is 3. The molecule has 8 heteroatoms. The van der Waals surface area contributed by atoms with Gasteiger partial charge < -0.3 is 15.0 Å². The van der Waals surface area contributed by atoms with Gasteiger partial charge in [-0.05, 0) is 12.8 Å². The zero-order chi connectivity index (χ0) is 15.3. The summed E-state index contributed by atoms with van der Waals surface area (Å²) in [5.74, 6) is -4.18. The molecular weight excluding hydrogens is 292 g/mol. The van der Waals surface area contributed by atoms with Crippen molar-refractivity contribution < 1.29 is 22.3 Å². The lowest BCUT2D eigenvalue weighted by Gasteiger charge is -2.16. The fourth-order valence-electron chi connectivity index (χ4n) is 2.33. The fourth-order valence-corrected chi connectivity index (χ4v) is 2.33. The number of nitrogen functional groups attached to an aromatic ring is 1. The van der Waals surface area contributed by atoms with E-state index in [4.69, 9.17) is 5.73 Å². The van der Waals surface area contributed by atoms with Crippen LogP contribution in [0.4, 0.5) is 23.2 Å². The number of nitrogens with two attached hydrogens (primary N) is 1. The van der Waals surface area contributed by atoms with E-state index in [1.165, 1.54) is 10.8 Å². The highest BCUT2D eigenvalue weighted by atomic mass is 19.3. The first-order valence-electron chi connectivity index (χ1n) is 6.18. The van der Waals surface area contributed by atoms with Crippen molar-refractivity contribution in [3.8, 4) is 5.75 Å². The Balaban J connectivity index is 2.46. The van der Waals surface area contributed by atoms with Crippen LogP contribution in [0.5, 0.6) is 5.75 Å². The standard InChI is InChI=1S/C13H10F4N2O2/c14-8-9(15)12(21-13(16)17)11-7(10(8)18)6(20)3-4-19(11)5-1-2-5/h3-5,13H,1-2,18H2. The Morgan fingerprint density at radius 2 is 1.95 bits per heavy atom. The average Bonchev–Trinajstić information content (AvgIpc) is 3.25. The summed E-state index contributed by atoms with van der Waals surface area (Å²) < 4.78 is 58.1. The van der Waals surface area contributed by atoms with Crippen LogP contribution in [0, 0.1) is 11.6 Å². The van der Waals surface area contributed by atoms with Crippen molar-refractivity contribution in [2.24, 2.45) is 0 Å². The minimum Gasteiger partial charge on any atom is -0.429 e. The summed E-state index contributed by atoms with van der Waals surface area (Å²) in [6.07, 6.45) is 2.83. The van der Waals surface area contributed by atoms with E-state index in [0.717, 1.165) is 18.9 Å². The van der Waals surface area contributed by atoms with Gasteiger partial charge in [0.1, 0.15) is 5.52 Å². The molecule has 0 atom stereocenters. The van der Waals surface area contributed by atoms with Crippen LogP contribution >= 0.6 is 0 Å². The molecule has 1 aliphatic carbocycles. The number of anilines is 1. The van der Waals surface area contributed by atoms with E-state index in [2.05, 4.69) is 4.74 Å². The molecule has 1 aliphatic rings. The molecule has 0 unspecified atom stereocenters. The highest BCUT2D eigenvalue weighted by molar-refractivity contribution is 5.95. The zero-order valence-corrected chi connectivity index (χ0v) is 10.6. The molecule has 0 aliphatic heterocycles. The van der Waals surface area contributed by atoms with Gasteiger partial charge >= 0.3 is 6.61 Å². The molecule has 0 saturated heterocycles. The summed E-state index contributed by atoms with van der Waals surface area (Å²) in [5, 5.41) is -0.348. The number of ether oxygens (including phenoxy) is 1. The first kappa shape index (κ1) is 13.7. The highest BCUT2D eigenvalue weighted by Gasteiger charge is 2.30. The molecule has 21 heavy (non-hydrogen) atoms. The molecule has 0 spiro atoms. The maximum atomic E-state index is 13.9. The largest absolute Gasteiger partial charge is 0.429 e. The van der Waals surface area contributed by atoms with Crippen molar-refractivity contribution in [1.29, 1.82) is 0 Å². The third-order valence-electron chi connectivity index (χ3n) is 3.39. The number of rotatable bonds is 3. The van der Waals surface area contributed by atoms with Crippen LogP contribution in [0.2, 0.25) is 0 Å².